The van der Waals surface area contributed by atoms with Crippen molar-refractivity contribution in [1.29, 1.82) is 0 Å². The van der Waals surface area contributed by atoms with Gasteiger partial charge in [0.05, 0.1) is 10.6 Å². The van der Waals surface area contributed by atoms with Gasteiger partial charge in [-0.15, -0.1) is 0 Å². The number of halogens is 1. The molecule has 0 aromatic heterocycles. The molecule has 0 spiro atoms. The average molecular weight is 277 g/mol. The second kappa shape index (κ2) is 5.49. The van der Waals surface area contributed by atoms with Gasteiger partial charge < -0.3 is 0 Å². The molecule has 0 heterocycles. The smallest absolute Gasteiger partial charge is 0.267 e. The number of rotatable bonds is 3. The number of hydrogen-bond acceptors (Lipinski definition) is 3. The summed E-state index contributed by atoms with van der Waals surface area (Å²) < 4.78 is 0.863. The fourth-order valence-electron chi connectivity index (χ4n) is 1.60. The lowest BCUT2D eigenvalue weighted by atomic mass is 10.1. The van der Waals surface area contributed by atoms with Crippen LogP contribution in [0, 0.1) is 10.1 Å². The van der Waals surface area contributed by atoms with Gasteiger partial charge in [-0.3, -0.25) is 14.9 Å². The minimum atomic E-state index is -0.639. The van der Waals surface area contributed by atoms with Crippen molar-refractivity contribution >= 4 is 29.1 Å². The van der Waals surface area contributed by atoms with Crippen LogP contribution in [0.15, 0.2) is 54.6 Å². The number of carbonyl (C=O) groups is 1. The van der Waals surface area contributed by atoms with E-state index in [4.69, 9.17) is 11.8 Å². The van der Waals surface area contributed by atoms with Crippen molar-refractivity contribution in [3.8, 4) is 0 Å². The fourth-order valence-corrected chi connectivity index (χ4v) is 1.80. The van der Waals surface area contributed by atoms with Crippen molar-refractivity contribution in [3.63, 3.8) is 0 Å². The molecule has 0 saturated heterocycles. The van der Waals surface area contributed by atoms with Crippen molar-refractivity contribution in [2.45, 2.75) is 0 Å². The zero-order chi connectivity index (χ0) is 13.8. The van der Waals surface area contributed by atoms with Gasteiger partial charge in [0.25, 0.3) is 11.6 Å². The van der Waals surface area contributed by atoms with Crippen molar-refractivity contribution in [3.05, 3.63) is 70.3 Å². The molecule has 0 saturated carbocycles. The molecule has 2 rings (SSSR count). The summed E-state index contributed by atoms with van der Waals surface area (Å²) in [5.41, 5.74) is 0.132. The Bertz CT molecular complexity index is 616. The third kappa shape index (κ3) is 2.71. The van der Waals surface area contributed by atoms with E-state index in [1.807, 2.05) is 0 Å². The minimum Gasteiger partial charge on any atom is -0.267 e. The molecule has 5 nitrogen and oxygen atoms in total. The van der Waals surface area contributed by atoms with E-state index >= 15 is 0 Å². The second-order valence-electron chi connectivity index (χ2n) is 3.70. The average Bonchev–Trinajstić information content (AvgIpc) is 2.46. The van der Waals surface area contributed by atoms with Gasteiger partial charge in [0.2, 0.25) is 0 Å². The first-order chi connectivity index (χ1) is 9.11. The lowest BCUT2D eigenvalue weighted by Gasteiger charge is -2.13. The van der Waals surface area contributed by atoms with Crippen LogP contribution < -0.4 is 4.42 Å². The van der Waals surface area contributed by atoms with Crippen LogP contribution in [0.3, 0.4) is 0 Å². The predicted molar refractivity (Wildman–Crippen MR) is 72.2 cm³/mol. The maximum Gasteiger partial charge on any atom is 0.282 e. The summed E-state index contributed by atoms with van der Waals surface area (Å²) in [5, 5.41) is 10.9. The molecule has 0 atom stereocenters. The van der Waals surface area contributed by atoms with E-state index in [0.717, 1.165) is 4.42 Å². The number of carbonyl (C=O) groups excluding carboxylic acids is 1. The molecule has 1 amide bonds. The van der Waals surface area contributed by atoms with Crippen molar-refractivity contribution in [1.82, 2.24) is 0 Å². The van der Waals surface area contributed by atoms with E-state index in [1.165, 1.54) is 18.2 Å². The highest BCUT2D eigenvalue weighted by Gasteiger charge is 2.24. The third-order valence-electron chi connectivity index (χ3n) is 2.49. The van der Waals surface area contributed by atoms with Crippen LogP contribution in [-0.4, -0.2) is 10.8 Å². The van der Waals surface area contributed by atoms with E-state index in [2.05, 4.69) is 0 Å². The highest BCUT2D eigenvalue weighted by Crippen LogP contribution is 2.24. The number of nitro benzene ring substituents is 1. The van der Waals surface area contributed by atoms with E-state index in [9.17, 15) is 14.9 Å². The molecule has 0 aliphatic heterocycles. The van der Waals surface area contributed by atoms with Gasteiger partial charge in [-0.2, -0.15) is 0 Å². The Labute approximate surface area is 114 Å². The third-order valence-corrected chi connectivity index (χ3v) is 2.84. The van der Waals surface area contributed by atoms with Gasteiger partial charge in [0, 0.05) is 17.8 Å². The predicted octanol–water partition coefficient (Wildman–Crippen LogP) is 3.40. The molecule has 2 aromatic rings. The zero-order valence-electron chi connectivity index (χ0n) is 9.69. The Hall–Kier alpha value is -2.40. The Balaban J connectivity index is 2.38. The molecule has 0 N–H and O–H groups in total. The van der Waals surface area contributed by atoms with Crippen LogP contribution in [0.4, 0.5) is 11.4 Å². The second-order valence-corrected chi connectivity index (χ2v) is 4.03. The van der Waals surface area contributed by atoms with Crippen LogP contribution in [0.5, 0.6) is 0 Å². The Morgan fingerprint density at radius 1 is 1.05 bits per heavy atom. The summed E-state index contributed by atoms with van der Waals surface area (Å²) in [6.07, 6.45) is 0. The summed E-state index contributed by atoms with van der Waals surface area (Å²) in [7, 11) is 0. The summed E-state index contributed by atoms with van der Waals surface area (Å²) in [5.74, 6) is -0.639. The van der Waals surface area contributed by atoms with Crippen LogP contribution in [0.1, 0.15) is 10.4 Å². The van der Waals surface area contributed by atoms with Gasteiger partial charge in [-0.05, 0) is 18.2 Å². The van der Waals surface area contributed by atoms with Gasteiger partial charge in [-0.25, -0.2) is 4.42 Å². The molecule has 0 unspecified atom stereocenters. The summed E-state index contributed by atoms with van der Waals surface area (Å²) in [4.78, 5) is 22.4. The lowest BCUT2D eigenvalue weighted by Crippen LogP contribution is -2.21. The monoisotopic (exact) mass is 276 g/mol. The van der Waals surface area contributed by atoms with Crippen molar-refractivity contribution in [2.75, 3.05) is 4.42 Å². The van der Waals surface area contributed by atoms with E-state index in [0.29, 0.717) is 5.69 Å². The largest absolute Gasteiger partial charge is 0.282 e. The van der Waals surface area contributed by atoms with E-state index in [-0.39, 0.29) is 11.3 Å². The molecular formula is C13H9ClN2O3. The zero-order valence-corrected chi connectivity index (χ0v) is 10.4. The molecule has 0 bridgehead atoms. The number of benzene rings is 2. The Morgan fingerprint density at radius 3 is 2.26 bits per heavy atom. The number of nitrogens with zero attached hydrogens (tertiary/aromatic N) is 2. The maximum absolute atomic E-state index is 12.2. The fraction of sp³-hybridized carbons (Fsp3) is 0. The lowest BCUT2D eigenvalue weighted by molar-refractivity contribution is -0.385. The first-order valence-corrected chi connectivity index (χ1v) is 5.74. The molecule has 0 aliphatic carbocycles. The van der Waals surface area contributed by atoms with Crippen LogP contribution in [0.2, 0.25) is 0 Å². The topological polar surface area (TPSA) is 63.4 Å². The number of amides is 1. The van der Waals surface area contributed by atoms with Gasteiger partial charge in [-0.1, -0.05) is 30.3 Å². The molecule has 0 aliphatic rings. The van der Waals surface area contributed by atoms with Gasteiger partial charge in [0.1, 0.15) is 5.56 Å². The Kier molecular flexibility index (Phi) is 3.77. The highest BCUT2D eigenvalue weighted by molar-refractivity contribution is 6.39. The maximum atomic E-state index is 12.2. The van der Waals surface area contributed by atoms with Crippen LogP contribution in [-0.2, 0) is 0 Å². The van der Waals surface area contributed by atoms with Crippen molar-refractivity contribution in [2.24, 2.45) is 0 Å². The first kappa shape index (κ1) is 13.0. The Morgan fingerprint density at radius 2 is 1.63 bits per heavy atom. The minimum absolute atomic E-state index is 0.0497. The highest BCUT2D eigenvalue weighted by atomic mass is 35.5. The number of para-hydroxylation sites is 2. The van der Waals surface area contributed by atoms with Crippen molar-refractivity contribution < 1.29 is 9.72 Å². The molecule has 6 heteroatoms. The number of hydrogen-bond donors (Lipinski definition) is 0. The summed E-state index contributed by atoms with van der Waals surface area (Å²) in [6.45, 7) is 0. The standard InChI is InChI=1S/C13H9ClN2O3/c14-15(10-6-2-1-3-7-10)13(17)11-8-4-5-9-12(11)16(18)19/h1-9H. The van der Waals surface area contributed by atoms with Crippen LogP contribution in [0.25, 0.3) is 0 Å². The quantitative estimate of drug-likeness (QED) is 0.490. The number of anilines is 1. The van der Waals surface area contributed by atoms with Gasteiger partial charge in [0.15, 0.2) is 0 Å². The molecular weight excluding hydrogens is 268 g/mol. The normalized spacial score (nSPS) is 9.95. The van der Waals surface area contributed by atoms with Gasteiger partial charge >= 0.3 is 0 Å². The van der Waals surface area contributed by atoms with Crippen LogP contribution >= 0.6 is 11.8 Å². The number of nitro groups is 1. The summed E-state index contributed by atoms with van der Waals surface area (Å²) in [6, 6.07) is 14.2. The molecule has 0 fully saturated rings. The van der Waals surface area contributed by atoms with E-state index < -0.39 is 10.8 Å². The molecule has 2 aromatic carbocycles. The van der Waals surface area contributed by atoms with E-state index in [1.54, 1.807) is 36.4 Å². The summed E-state index contributed by atoms with van der Waals surface area (Å²) >= 11 is 5.93. The molecule has 0 radical (unpaired) electrons. The first-order valence-electron chi connectivity index (χ1n) is 5.40. The molecule has 19 heavy (non-hydrogen) atoms. The SMILES string of the molecule is O=C(c1ccccc1[N+](=O)[O-])N(Cl)c1ccccc1. The molecule has 96 valence electrons.